The molecule has 2 aromatic rings. The molecule has 1 aromatic carbocycles. The predicted octanol–water partition coefficient (Wildman–Crippen LogP) is 5.86. The van der Waals surface area contributed by atoms with E-state index >= 15 is 0 Å². The van der Waals surface area contributed by atoms with Gasteiger partial charge in [0.25, 0.3) is 0 Å². The number of allylic oxidation sites excluding steroid dienone is 2. The maximum atomic E-state index is 13.6. The highest BCUT2D eigenvalue weighted by molar-refractivity contribution is 7.16. The molecule has 1 aromatic heterocycles. The van der Waals surface area contributed by atoms with Gasteiger partial charge >= 0.3 is 0 Å². The summed E-state index contributed by atoms with van der Waals surface area (Å²) in [5.41, 5.74) is 3.81. The van der Waals surface area contributed by atoms with Crippen molar-refractivity contribution in [3.63, 3.8) is 0 Å². The third-order valence-corrected chi connectivity index (χ3v) is 8.39. The molecule has 0 fully saturated rings. The van der Waals surface area contributed by atoms with E-state index in [-0.39, 0.29) is 17.0 Å². The number of aryl methyl sites for hydroxylation is 1. The number of carbonyl (C=O) groups is 1. The lowest BCUT2D eigenvalue weighted by Crippen LogP contribution is -2.48. The van der Waals surface area contributed by atoms with Gasteiger partial charge < -0.3 is 0 Å². The minimum Gasteiger partial charge on any atom is -0.294 e. The highest BCUT2D eigenvalue weighted by Gasteiger charge is 2.49. The molecular weight excluding hydrogens is 428 g/mol. The van der Waals surface area contributed by atoms with Crippen molar-refractivity contribution in [1.82, 2.24) is 0 Å². The average Bonchev–Trinajstić information content (AvgIpc) is 3.16. The zero-order valence-electron chi connectivity index (χ0n) is 18.9. The fourth-order valence-electron chi connectivity index (χ4n) is 5.67. The monoisotopic (exact) mass is 454 g/mol. The van der Waals surface area contributed by atoms with Gasteiger partial charge in [-0.2, -0.15) is 10.5 Å². The molecule has 0 saturated carbocycles. The molecule has 33 heavy (non-hydrogen) atoms. The number of benzene rings is 1. The lowest BCUT2D eigenvalue weighted by Gasteiger charge is -2.45. The van der Waals surface area contributed by atoms with Crippen molar-refractivity contribution in [2.45, 2.75) is 58.3 Å². The van der Waals surface area contributed by atoms with Crippen LogP contribution >= 0.6 is 11.3 Å². The number of hydrogen-bond acceptors (Lipinski definition) is 5. The topological polar surface area (TPSA) is 91.7 Å². The van der Waals surface area contributed by atoms with Crippen LogP contribution in [0.4, 0.5) is 5.00 Å². The van der Waals surface area contributed by atoms with E-state index in [9.17, 15) is 20.7 Å². The zero-order valence-corrected chi connectivity index (χ0v) is 19.8. The van der Waals surface area contributed by atoms with E-state index in [1.54, 1.807) is 11.3 Å². The minimum absolute atomic E-state index is 0.0488. The Balaban J connectivity index is 1.78. The quantitative estimate of drug-likeness (QED) is 0.615. The fourth-order valence-corrected chi connectivity index (χ4v) is 7.05. The average molecular weight is 455 g/mol. The summed E-state index contributed by atoms with van der Waals surface area (Å²) in [6.45, 7) is 4.16. The molecule has 5 nitrogen and oxygen atoms in total. The molecular formula is C27H26N4OS. The molecule has 0 amide bonds. The first kappa shape index (κ1) is 21.6. The van der Waals surface area contributed by atoms with Crippen LogP contribution in [0.2, 0.25) is 0 Å². The molecule has 0 bridgehead atoms. The number of amidine groups is 1. The Kier molecular flexibility index (Phi) is 5.22. The van der Waals surface area contributed by atoms with Gasteiger partial charge in [-0.3, -0.25) is 15.1 Å². The number of nitriles is 2. The second kappa shape index (κ2) is 7.97. The number of anilines is 1. The maximum absolute atomic E-state index is 13.6. The van der Waals surface area contributed by atoms with E-state index in [0.29, 0.717) is 24.0 Å². The second-order valence-electron chi connectivity index (χ2n) is 10.0. The Labute approximate surface area is 198 Å². The van der Waals surface area contributed by atoms with Crippen LogP contribution in [0.15, 0.2) is 41.6 Å². The van der Waals surface area contributed by atoms with E-state index in [4.69, 9.17) is 0 Å². The van der Waals surface area contributed by atoms with Gasteiger partial charge in [-0.15, -0.1) is 11.3 Å². The summed E-state index contributed by atoms with van der Waals surface area (Å²) in [6.07, 6.45) is 5.03. The van der Waals surface area contributed by atoms with Crippen LogP contribution < -0.4 is 4.90 Å². The predicted molar refractivity (Wildman–Crippen MR) is 129 cm³/mol. The SMILES string of the molecule is CC1(C)CC(=O)C2=C(C1)N(c1sc3c(c1C#N)CCCC3)C(=N)C(C#N)C2c1ccccc1. The molecule has 0 spiro atoms. The van der Waals surface area contributed by atoms with Crippen molar-refractivity contribution < 1.29 is 4.79 Å². The molecule has 5 rings (SSSR count). The fraction of sp³-hybridized carbons (Fsp3) is 0.407. The number of hydrogen-bond donors (Lipinski definition) is 1. The second-order valence-corrected chi connectivity index (χ2v) is 11.1. The van der Waals surface area contributed by atoms with Crippen LogP contribution in [0.25, 0.3) is 0 Å². The smallest absolute Gasteiger partial charge is 0.161 e. The summed E-state index contributed by atoms with van der Waals surface area (Å²) in [7, 11) is 0. The van der Waals surface area contributed by atoms with Crippen molar-refractivity contribution in [2.24, 2.45) is 11.3 Å². The molecule has 1 N–H and O–H groups in total. The summed E-state index contributed by atoms with van der Waals surface area (Å²) in [5, 5.41) is 30.2. The molecule has 3 aliphatic rings. The Morgan fingerprint density at radius 2 is 1.85 bits per heavy atom. The standard InChI is InChI=1S/C27H26N4OS/c1-27(2)12-20-24(21(32)13-27)23(16-8-4-3-5-9-16)19(15-29)25(30)31(20)26-18(14-28)17-10-6-7-11-22(17)33-26/h3-5,8-9,19,23,30H,6-7,10-13H2,1-2H3. The van der Waals surface area contributed by atoms with Crippen LogP contribution in [0.1, 0.15) is 67.0 Å². The Hall–Kier alpha value is -3.22. The van der Waals surface area contributed by atoms with Gasteiger partial charge in [0.1, 0.15) is 22.8 Å². The summed E-state index contributed by atoms with van der Waals surface area (Å²) >= 11 is 1.57. The van der Waals surface area contributed by atoms with Crippen molar-refractivity contribution >= 4 is 28.0 Å². The molecule has 2 unspecified atom stereocenters. The first-order valence-electron chi connectivity index (χ1n) is 11.5. The Bertz CT molecular complexity index is 1270. The van der Waals surface area contributed by atoms with Crippen LogP contribution in [0.3, 0.4) is 0 Å². The number of fused-ring (bicyclic) bond motifs is 1. The van der Waals surface area contributed by atoms with Gasteiger partial charge in [-0.1, -0.05) is 44.2 Å². The lowest BCUT2D eigenvalue weighted by atomic mass is 9.66. The van der Waals surface area contributed by atoms with Crippen molar-refractivity contribution in [3.8, 4) is 12.1 Å². The highest BCUT2D eigenvalue weighted by atomic mass is 32.1. The number of rotatable bonds is 2. The van der Waals surface area contributed by atoms with Crippen LogP contribution in [-0.4, -0.2) is 11.6 Å². The number of thiophene rings is 1. The normalized spacial score (nSPS) is 24.1. The number of carbonyl (C=O) groups excluding carboxylic acids is 1. The summed E-state index contributed by atoms with van der Waals surface area (Å²) in [6, 6.07) is 14.4. The molecule has 2 atom stereocenters. The number of nitrogens with one attached hydrogen (secondary N) is 1. The van der Waals surface area contributed by atoms with Crippen molar-refractivity contribution in [3.05, 3.63) is 63.2 Å². The molecule has 166 valence electrons. The van der Waals surface area contributed by atoms with E-state index in [1.165, 1.54) is 4.88 Å². The summed E-state index contributed by atoms with van der Waals surface area (Å²) in [4.78, 5) is 16.6. The van der Waals surface area contributed by atoms with Crippen LogP contribution in [0.5, 0.6) is 0 Å². The molecule has 1 aliphatic heterocycles. The van der Waals surface area contributed by atoms with Crippen molar-refractivity contribution in [1.29, 1.82) is 15.9 Å². The molecule has 2 aliphatic carbocycles. The third-order valence-electron chi connectivity index (χ3n) is 7.11. The van der Waals surface area contributed by atoms with E-state index in [1.807, 2.05) is 35.2 Å². The van der Waals surface area contributed by atoms with Crippen LogP contribution in [0, 0.1) is 39.4 Å². The van der Waals surface area contributed by atoms with Crippen LogP contribution in [-0.2, 0) is 17.6 Å². The Morgan fingerprint density at radius 3 is 2.55 bits per heavy atom. The maximum Gasteiger partial charge on any atom is 0.161 e. The van der Waals surface area contributed by atoms with E-state index in [2.05, 4.69) is 26.0 Å². The van der Waals surface area contributed by atoms with Crippen molar-refractivity contribution in [2.75, 3.05) is 4.90 Å². The number of nitrogens with zero attached hydrogens (tertiary/aromatic N) is 3. The van der Waals surface area contributed by atoms with Gasteiger partial charge in [-0.05, 0) is 48.6 Å². The van der Waals surface area contributed by atoms with Gasteiger partial charge in [-0.25, -0.2) is 0 Å². The zero-order chi connectivity index (χ0) is 23.3. The van der Waals surface area contributed by atoms with Gasteiger partial charge in [0.15, 0.2) is 5.78 Å². The highest BCUT2D eigenvalue weighted by Crippen LogP contribution is 2.52. The van der Waals surface area contributed by atoms with Gasteiger partial charge in [0.05, 0.1) is 11.6 Å². The van der Waals surface area contributed by atoms with Gasteiger partial charge in [0.2, 0.25) is 0 Å². The summed E-state index contributed by atoms with van der Waals surface area (Å²) in [5.74, 6) is -1.03. The molecule has 6 heteroatoms. The molecule has 0 radical (unpaired) electrons. The number of ketones is 1. The largest absolute Gasteiger partial charge is 0.294 e. The Morgan fingerprint density at radius 1 is 1.12 bits per heavy atom. The molecule has 0 saturated heterocycles. The molecule has 2 heterocycles. The van der Waals surface area contributed by atoms with Gasteiger partial charge in [0, 0.05) is 28.5 Å². The first-order valence-corrected chi connectivity index (χ1v) is 12.3. The third kappa shape index (κ3) is 3.41. The number of Topliss-reactive ketones (excluding diaryl/α,β-unsaturated/α-hetero) is 1. The van der Waals surface area contributed by atoms with E-state index < -0.39 is 11.8 Å². The lowest BCUT2D eigenvalue weighted by molar-refractivity contribution is -0.118. The van der Waals surface area contributed by atoms with E-state index in [0.717, 1.165) is 47.5 Å². The summed E-state index contributed by atoms with van der Waals surface area (Å²) < 4.78 is 0. The minimum atomic E-state index is -0.790. The first-order chi connectivity index (χ1) is 15.9.